The molecule has 0 aromatic heterocycles. The zero-order chi connectivity index (χ0) is 36.5. The van der Waals surface area contributed by atoms with Crippen LogP contribution < -0.4 is 0 Å². The Balaban J connectivity index is 1.24. The lowest BCUT2D eigenvalue weighted by atomic mass is 9.85. The van der Waals surface area contributed by atoms with E-state index in [-0.39, 0.29) is 0 Å². The molecule has 0 aliphatic carbocycles. The molecule has 3 heteroatoms. The summed E-state index contributed by atoms with van der Waals surface area (Å²) in [5, 5.41) is 0. The van der Waals surface area contributed by atoms with Gasteiger partial charge in [-0.15, -0.1) is 0 Å². The van der Waals surface area contributed by atoms with E-state index in [4.69, 9.17) is 9.47 Å². The molecule has 0 radical (unpaired) electrons. The van der Waals surface area contributed by atoms with Crippen LogP contribution in [-0.4, -0.2) is 36.9 Å². The highest BCUT2D eigenvalue weighted by Crippen LogP contribution is 2.31. The van der Waals surface area contributed by atoms with Gasteiger partial charge in [0.05, 0.1) is 12.2 Å². The fourth-order valence-electron chi connectivity index (χ4n) is 8.91. The summed E-state index contributed by atoms with van der Waals surface area (Å²) in [4.78, 5) is 0. The van der Waals surface area contributed by atoms with E-state index in [0.717, 1.165) is 36.9 Å². The Hall–Kier alpha value is 0.270. The first kappa shape index (κ1) is 47.4. The standard InChI is InChI=1S/C48H94O2S/c1-43(2)35-37-45(47-33-25-27-39-49-47)31-23-19-15-11-7-5-9-13-17-21-29-41-51-42-30-22-18-14-10-6-8-12-16-20-24-32-46(38-36-44(3)4)48-34-26-28-40-50-48/h43-48H,5-42H2,1-4H3. The van der Waals surface area contributed by atoms with Crippen molar-refractivity contribution in [3.05, 3.63) is 0 Å². The fraction of sp³-hybridized carbons (Fsp3) is 1.00. The van der Waals surface area contributed by atoms with E-state index in [1.54, 1.807) is 0 Å². The van der Waals surface area contributed by atoms with Crippen molar-refractivity contribution in [1.29, 1.82) is 0 Å². The van der Waals surface area contributed by atoms with Gasteiger partial charge in [0.2, 0.25) is 0 Å². The summed E-state index contributed by atoms with van der Waals surface area (Å²) in [6.07, 6.45) is 49.6. The van der Waals surface area contributed by atoms with Gasteiger partial charge in [0.25, 0.3) is 0 Å². The maximum absolute atomic E-state index is 6.20. The van der Waals surface area contributed by atoms with Crippen LogP contribution in [0, 0.1) is 23.7 Å². The molecule has 0 aromatic rings. The van der Waals surface area contributed by atoms with E-state index >= 15 is 0 Å². The van der Waals surface area contributed by atoms with Gasteiger partial charge in [-0.05, 0) is 112 Å². The number of hydrogen-bond donors (Lipinski definition) is 0. The second-order valence-corrected chi connectivity index (χ2v) is 19.5. The van der Waals surface area contributed by atoms with Gasteiger partial charge < -0.3 is 9.47 Å². The molecule has 0 N–H and O–H groups in total. The molecule has 2 aliphatic rings. The van der Waals surface area contributed by atoms with E-state index in [1.165, 1.54) is 230 Å². The molecule has 51 heavy (non-hydrogen) atoms. The first-order valence-electron chi connectivity index (χ1n) is 23.9. The number of hydrogen-bond acceptors (Lipinski definition) is 3. The van der Waals surface area contributed by atoms with Gasteiger partial charge in [-0.3, -0.25) is 0 Å². The molecule has 2 rings (SSSR count). The lowest BCUT2D eigenvalue weighted by Crippen LogP contribution is -2.28. The summed E-state index contributed by atoms with van der Waals surface area (Å²) >= 11 is 2.23. The molecule has 0 amide bonds. The highest BCUT2D eigenvalue weighted by atomic mass is 32.2. The number of rotatable bonds is 36. The minimum absolute atomic E-state index is 0.571. The van der Waals surface area contributed by atoms with Crippen LogP contribution in [-0.2, 0) is 9.47 Å². The first-order valence-corrected chi connectivity index (χ1v) is 25.0. The molecular weight excluding hydrogens is 641 g/mol. The van der Waals surface area contributed by atoms with Gasteiger partial charge in [-0.1, -0.05) is 169 Å². The van der Waals surface area contributed by atoms with Crippen molar-refractivity contribution < 1.29 is 9.47 Å². The van der Waals surface area contributed by atoms with Crippen LogP contribution in [0.15, 0.2) is 0 Å². The third-order valence-electron chi connectivity index (χ3n) is 12.4. The number of thioether (sulfide) groups is 1. The van der Waals surface area contributed by atoms with Crippen LogP contribution >= 0.6 is 11.8 Å². The van der Waals surface area contributed by atoms with Crippen LogP contribution in [0.4, 0.5) is 0 Å². The number of unbranched alkanes of at least 4 members (excludes halogenated alkanes) is 20. The van der Waals surface area contributed by atoms with Gasteiger partial charge in [0.15, 0.2) is 0 Å². The second-order valence-electron chi connectivity index (χ2n) is 18.2. The minimum Gasteiger partial charge on any atom is -0.378 e. The molecule has 4 atom stereocenters. The van der Waals surface area contributed by atoms with Gasteiger partial charge in [0, 0.05) is 13.2 Å². The molecule has 0 aromatic carbocycles. The molecule has 2 saturated heterocycles. The Labute approximate surface area is 326 Å². The lowest BCUT2D eigenvalue weighted by molar-refractivity contribution is -0.0272. The van der Waals surface area contributed by atoms with Crippen molar-refractivity contribution in [1.82, 2.24) is 0 Å². The summed E-state index contributed by atoms with van der Waals surface area (Å²) in [6.45, 7) is 11.5. The predicted octanol–water partition coefficient (Wildman–Crippen LogP) is 16.3. The van der Waals surface area contributed by atoms with Crippen molar-refractivity contribution in [2.45, 2.75) is 258 Å². The molecule has 0 spiro atoms. The van der Waals surface area contributed by atoms with Crippen LogP contribution in [0.5, 0.6) is 0 Å². The maximum atomic E-state index is 6.20. The molecule has 2 nitrogen and oxygen atoms in total. The Kier molecular flexibility index (Phi) is 32.3. The summed E-state index contributed by atoms with van der Waals surface area (Å²) < 4.78 is 12.4. The fourth-order valence-corrected chi connectivity index (χ4v) is 9.93. The van der Waals surface area contributed by atoms with Crippen molar-refractivity contribution >= 4 is 11.8 Å². The number of ether oxygens (including phenoxy) is 2. The van der Waals surface area contributed by atoms with Crippen LogP contribution in [0.1, 0.15) is 246 Å². The molecule has 0 saturated carbocycles. The molecular formula is C48H94O2S. The second kappa shape index (κ2) is 34.7. The van der Waals surface area contributed by atoms with Gasteiger partial charge in [-0.2, -0.15) is 11.8 Å². The Morgan fingerprint density at radius 3 is 0.980 bits per heavy atom. The quantitative estimate of drug-likeness (QED) is 0.0597. The normalized spacial score (nSPS) is 19.6. The third kappa shape index (κ3) is 28.4. The smallest absolute Gasteiger partial charge is 0.0603 e. The van der Waals surface area contributed by atoms with E-state index < -0.39 is 0 Å². The molecule has 2 fully saturated rings. The van der Waals surface area contributed by atoms with Gasteiger partial charge >= 0.3 is 0 Å². The zero-order valence-electron chi connectivity index (χ0n) is 35.6. The topological polar surface area (TPSA) is 18.5 Å². The minimum atomic E-state index is 0.571. The van der Waals surface area contributed by atoms with Crippen LogP contribution in [0.2, 0.25) is 0 Å². The van der Waals surface area contributed by atoms with Crippen molar-refractivity contribution in [2.75, 3.05) is 24.7 Å². The zero-order valence-corrected chi connectivity index (χ0v) is 36.4. The Bertz CT molecular complexity index is 639. The lowest BCUT2D eigenvalue weighted by Gasteiger charge is -2.31. The van der Waals surface area contributed by atoms with E-state index in [9.17, 15) is 0 Å². The summed E-state index contributed by atoms with van der Waals surface area (Å²) in [5.41, 5.74) is 0. The molecule has 304 valence electrons. The van der Waals surface area contributed by atoms with Crippen molar-refractivity contribution in [2.24, 2.45) is 23.7 Å². The van der Waals surface area contributed by atoms with E-state index in [2.05, 4.69) is 39.5 Å². The summed E-state index contributed by atoms with van der Waals surface area (Å²) in [6, 6.07) is 0. The summed E-state index contributed by atoms with van der Waals surface area (Å²) in [7, 11) is 0. The van der Waals surface area contributed by atoms with Crippen LogP contribution in [0.25, 0.3) is 0 Å². The third-order valence-corrected chi connectivity index (χ3v) is 13.6. The largest absolute Gasteiger partial charge is 0.378 e. The predicted molar refractivity (Wildman–Crippen MR) is 230 cm³/mol. The SMILES string of the molecule is CC(C)CCC(CCCCCCCCCCCCCSCCCCCCCCCCCCCC(CCC(C)C)C1CCCCO1)C1CCCCO1. The van der Waals surface area contributed by atoms with Gasteiger partial charge in [0.1, 0.15) is 0 Å². The molecule has 2 heterocycles. The average Bonchev–Trinajstić information content (AvgIpc) is 3.14. The maximum Gasteiger partial charge on any atom is 0.0603 e. The van der Waals surface area contributed by atoms with Crippen molar-refractivity contribution in [3.8, 4) is 0 Å². The van der Waals surface area contributed by atoms with Crippen LogP contribution in [0.3, 0.4) is 0 Å². The van der Waals surface area contributed by atoms with E-state index in [0.29, 0.717) is 12.2 Å². The average molecular weight is 735 g/mol. The monoisotopic (exact) mass is 735 g/mol. The van der Waals surface area contributed by atoms with Crippen molar-refractivity contribution in [3.63, 3.8) is 0 Å². The Morgan fingerprint density at radius 1 is 0.373 bits per heavy atom. The highest BCUT2D eigenvalue weighted by molar-refractivity contribution is 7.99. The molecule has 4 unspecified atom stereocenters. The molecule has 0 bridgehead atoms. The van der Waals surface area contributed by atoms with Gasteiger partial charge in [-0.25, -0.2) is 0 Å². The Morgan fingerprint density at radius 2 is 0.686 bits per heavy atom. The summed E-state index contributed by atoms with van der Waals surface area (Å²) in [5.74, 6) is 6.11. The van der Waals surface area contributed by atoms with E-state index in [1.807, 2.05) is 0 Å². The highest BCUT2D eigenvalue weighted by Gasteiger charge is 2.25. The molecule has 2 aliphatic heterocycles. The first-order chi connectivity index (χ1) is 25.1.